The van der Waals surface area contributed by atoms with Crippen molar-refractivity contribution in [3.8, 4) is 0 Å². The second-order valence-electron chi connectivity index (χ2n) is 2.57. The van der Waals surface area contributed by atoms with Crippen LogP contribution in [0.2, 0.25) is 0 Å². The molecule has 0 aromatic rings. The van der Waals surface area contributed by atoms with Crippen LogP contribution in [-0.4, -0.2) is 0 Å². The molecule has 0 aliphatic carbocycles. The minimum Gasteiger partial charge on any atom is -0.245 e. The van der Waals surface area contributed by atoms with Crippen molar-refractivity contribution in [2.24, 2.45) is 0 Å². The Labute approximate surface area is 92.7 Å². The van der Waals surface area contributed by atoms with Crippen LogP contribution >= 0.6 is 0 Å². The van der Waals surface area contributed by atoms with E-state index in [1.807, 2.05) is 12.2 Å². The standard InChI is InChI=1S/C12H18.Ni/c1-3-5-7-9-11-12-10-8-6-4-2;/h3-6,11-12H,1-2,7-10H2;/q-2;+2/b5-3+,6-4?,12-11+;. The van der Waals surface area contributed by atoms with Crippen molar-refractivity contribution < 1.29 is 16.5 Å². The molecule has 0 unspecified atom stereocenters. The largest absolute Gasteiger partial charge is 2.00 e. The Hall–Kier alpha value is -0.546. The summed E-state index contributed by atoms with van der Waals surface area (Å²) in [6.45, 7) is 7.25. The first-order valence-corrected chi connectivity index (χ1v) is 4.45. The van der Waals surface area contributed by atoms with Crippen molar-refractivity contribution >= 4 is 0 Å². The van der Waals surface area contributed by atoms with E-state index < -0.39 is 0 Å². The van der Waals surface area contributed by atoms with Crippen molar-refractivity contribution in [2.45, 2.75) is 25.7 Å². The fraction of sp³-hybridized carbons (Fsp3) is 0.333. The summed E-state index contributed by atoms with van der Waals surface area (Å²) < 4.78 is 0. The summed E-state index contributed by atoms with van der Waals surface area (Å²) in [5, 5.41) is 0. The summed E-state index contributed by atoms with van der Waals surface area (Å²) in [4.78, 5) is 0. The van der Waals surface area contributed by atoms with Crippen LogP contribution in [0.25, 0.3) is 0 Å². The van der Waals surface area contributed by atoms with Gasteiger partial charge in [-0.2, -0.15) is 0 Å². The van der Waals surface area contributed by atoms with E-state index in [0.29, 0.717) is 0 Å². The molecular weight excluding hydrogens is 203 g/mol. The fourth-order valence-electron chi connectivity index (χ4n) is 0.856. The van der Waals surface area contributed by atoms with Crippen LogP contribution in [0.1, 0.15) is 25.7 Å². The molecule has 1 heteroatoms. The number of hydrogen-bond donors (Lipinski definition) is 0. The second kappa shape index (κ2) is 14.0. The number of unbranched alkanes of at least 4 members (excludes halogenated alkanes) is 2. The quantitative estimate of drug-likeness (QED) is 0.276. The molecule has 0 fully saturated rings. The second-order valence-corrected chi connectivity index (χ2v) is 2.57. The molecule has 0 radical (unpaired) electrons. The maximum atomic E-state index is 3.62. The van der Waals surface area contributed by atoms with Crippen LogP contribution in [0.4, 0.5) is 0 Å². The molecule has 13 heavy (non-hydrogen) atoms. The van der Waals surface area contributed by atoms with Gasteiger partial charge in [0, 0.05) is 0 Å². The van der Waals surface area contributed by atoms with E-state index in [1.165, 1.54) is 0 Å². The third-order valence-electron chi connectivity index (χ3n) is 1.50. The van der Waals surface area contributed by atoms with Gasteiger partial charge in [0.15, 0.2) is 0 Å². The van der Waals surface area contributed by atoms with Crippen molar-refractivity contribution in [1.82, 2.24) is 0 Å². The maximum Gasteiger partial charge on any atom is 2.00 e. The van der Waals surface area contributed by atoms with E-state index in [-0.39, 0.29) is 16.5 Å². The van der Waals surface area contributed by atoms with Gasteiger partial charge in [-0.15, -0.1) is 0 Å². The summed E-state index contributed by atoms with van der Waals surface area (Å²) in [6.07, 6.45) is 16.8. The predicted molar refractivity (Wildman–Crippen MR) is 56.6 cm³/mol. The van der Waals surface area contributed by atoms with Gasteiger partial charge in [-0.25, -0.2) is 38.2 Å². The van der Waals surface area contributed by atoms with Gasteiger partial charge in [0.2, 0.25) is 0 Å². The zero-order valence-corrected chi connectivity index (χ0v) is 9.01. The number of hydrogen-bond acceptors (Lipinski definition) is 0. The maximum absolute atomic E-state index is 3.62. The van der Waals surface area contributed by atoms with Gasteiger partial charge >= 0.3 is 16.5 Å². The van der Waals surface area contributed by atoms with Gasteiger partial charge in [-0.3, -0.25) is 0 Å². The van der Waals surface area contributed by atoms with Crippen LogP contribution in [0.15, 0.2) is 36.5 Å². The summed E-state index contributed by atoms with van der Waals surface area (Å²) in [5.74, 6) is 0. The van der Waals surface area contributed by atoms with Crippen molar-refractivity contribution in [3.05, 3.63) is 50.3 Å². The fourth-order valence-corrected chi connectivity index (χ4v) is 0.856. The molecule has 0 N–H and O–H groups in total. The molecular formula is C12H18Ni. The molecule has 0 aliphatic heterocycles. The van der Waals surface area contributed by atoms with E-state index in [2.05, 4.69) is 38.2 Å². The van der Waals surface area contributed by atoms with Crippen LogP contribution in [0, 0.1) is 13.8 Å². The van der Waals surface area contributed by atoms with E-state index in [1.54, 1.807) is 0 Å². The van der Waals surface area contributed by atoms with Gasteiger partial charge in [0.1, 0.15) is 0 Å². The molecule has 0 rings (SSSR count). The van der Waals surface area contributed by atoms with Crippen LogP contribution in [0.5, 0.6) is 0 Å². The Balaban J connectivity index is 0. The van der Waals surface area contributed by atoms with Crippen LogP contribution in [-0.2, 0) is 16.5 Å². The van der Waals surface area contributed by atoms with Gasteiger partial charge < -0.3 is 0 Å². The van der Waals surface area contributed by atoms with Crippen molar-refractivity contribution in [2.75, 3.05) is 0 Å². The number of rotatable bonds is 6. The molecule has 76 valence electrons. The molecule has 0 aromatic carbocycles. The van der Waals surface area contributed by atoms with Crippen molar-refractivity contribution in [1.29, 1.82) is 0 Å². The Morgan fingerprint density at radius 1 is 0.615 bits per heavy atom. The predicted octanol–water partition coefficient (Wildman–Crippen LogP) is 3.88. The molecule has 0 saturated carbocycles. The molecule has 0 amide bonds. The SMILES string of the molecule is [CH2-]C=CCC/C=C/CC/C=C/[CH2-].[Ni+2]. The first kappa shape index (κ1) is 15.0. The molecule has 0 spiro atoms. The summed E-state index contributed by atoms with van der Waals surface area (Å²) in [7, 11) is 0. The Bertz CT molecular complexity index is 137. The topological polar surface area (TPSA) is 0 Å². The average molecular weight is 221 g/mol. The monoisotopic (exact) mass is 220 g/mol. The minimum atomic E-state index is 0. The van der Waals surface area contributed by atoms with E-state index in [0.717, 1.165) is 25.7 Å². The van der Waals surface area contributed by atoms with E-state index >= 15 is 0 Å². The van der Waals surface area contributed by atoms with Gasteiger partial charge in [-0.1, -0.05) is 25.0 Å². The van der Waals surface area contributed by atoms with Crippen LogP contribution < -0.4 is 0 Å². The van der Waals surface area contributed by atoms with E-state index in [4.69, 9.17) is 0 Å². The summed E-state index contributed by atoms with van der Waals surface area (Å²) in [6, 6.07) is 0. The Morgan fingerprint density at radius 2 is 0.923 bits per heavy atom. The molecule has 0 bridgehead atoms. The minimum absolute atomic E-state index is 0. The third kappa shape index (κ3) is 14.3. The molecule has 0 aliphatic rings. The first-order chi connectivity index (χ1) is 5.91. The van der Waals surface area contributed by atoms with Crippen molar-refractivity contribution in [3.63, 3.8) is 0 Å². The summed E-state index contributed by atoms with van der Waals surface area (Å²) in [5.41, 5.74) is 0. The van der Waals surface area contributed by atoms with Gasteiger partial charge in [0.25, 0.3) is 0 Å². The molecule has 0 saturated heterocycles. The summed E-state index contributed by atoms with van der Waals surface area (Å²) >= 11 is 0. The molecule has 0 nitrogen and oxygen atoms in total. The smallest absolute Gasteiger partial charge is 0.245 e. The Kier molecular flexibility index (Phi) is 16.1. The third-order valence-corrected chi connectivity index (χ3v) is 1.50. The molecule has 0 aromatic heterocycles. The average Bonchev–Trinajstić information content (AvgIpc) is 2.10. The van der Waals surface area contributed by atoms with Gasteiger partial charge in [0.05, 0.1) is 0 Å². The van der Waals surface area contributed by atoms with Crippen LogP contribution in [0.3, 0.4) is 0 Å². The first-order valence-electron chi connectivity index (χ1n) is 4.45. The van der Waals surface area contributed by atoms with Gasteiger partial charge in [-0.05, 0) is 12.8 Å². The molecule has 0 atom stereocenters. The zero-order chi connectivity index (χ0) is 9.07. The number of allylic oxidation sites excluding steroid dienone is 6. The molecule has 0 heterocycles. The normalized spacial score (nSPS) is 11.4. The Morgan fingerprint density at radius 3 is 1.23 bits per heavy atom. The van der Waals surface area contributed by atoms with E-state index in [9.17, 15) is 0 Å². The zero-order valence-electron chi connectivity index (χ0n) is 8.02.